The third kappa shape index (κ3) is 3.84. The smallest absolute Gasteiger partial charge is 0.261 e. The molecule has 144 valence electrons. The van der Waals surface area contributed by atoms with Crippen molar-refractivity contribution in [3.8, 4) is 0 Å². The largest absolute Gasteiger partial charge is 0.352 e. The number of carbonyl (C=O) groups is 1. The van der Waals surface area contributed by atoms with E-state index in [1.165, 1.54) is 11.1 Å². The van der Waals surface area contributed by atoms with Crippen molar-refractivity contribution >= 4 is 16.8 Å². The number of rotatable bonds is 4. The van der Waals surface area contributed by atoms with Gasteiger partial charge in [0.25, 0.3) is 11.5 Å². The van der Waals surface area contributed by atoms with Crippen molar-refractivity contribution in [1.82, 2.24) is 14.9 Å². The Kier molecular flexibility index (Phi) is 5.24. The molecule has 5 nitrogen and oxygen atoms in total. The standard InChI is InChI=1S/C23H25N3O2/c1-16-6-8-17(9-7-16)12-13-24-22(27)18-10-11-19-20(15-18)25-21-5-3-2-4-14-26(21)23(19)28/h6-11,15H,2-5,12-14H2,1H3,(H,24,27). The van der Waals surface area contributed by atoms with Gasteiger partial charge in [0.2, 0.25) is 0 Å². The lowest BCUT2D eigenvalue weighted by atomic mass is 10.1. The first-order valence-corrected chi connectivity index (χ1v) is 9.99. The third-order valence-electron chi connectivity index (χ3n) is 5.40. The number of hydrogen-bond acceptors (Lipinski definition) is 3. The van der Waals surface area contributed by atoms with Crippen LogP contribution in [0, 0.1) is 6.92 Å². The quantitative estimate of drug-likeness (QED) is 0.760. The Hall–Kier alpha value is -2.95. The van der Waals surface area contributed by atoms with Crippen molar-refractivity contribution in [1.29, 1.82) is 0 Å². The lowest BCUT2D eigenvalue weighted by Gasteiger charge is -2.11. The number of benzene rings is 2. The maximum atomic E-state index is 12.8. The Bertz CT molecular complexity index is 1070. The summed E-state index contributed by atoms with van der Waals surface area (Å²) in [6, 6.07) is 13.5. The lowest BCUT2D eigenvalue weighted by molar-refractivity contribution is 0.0954. The fourth-order valence-corrected chi connectivity index (χ4v) is 3.74. The van der Waals surface area contributed by atoms with Crippen LogP contribution >= 0.6 is 0 Å². The van der Waals surface area contributed by atoms with Crippen molar-refractivity contribution in [3.63, 3.8) is 0 Å². The van der Waals surface area contributed by atoms with E-state index in [9.17, 15) is 9.59 Å². The Balaban J connectivity index is 1.51. The monoisotopic (exact) mass is 375 g/mol. The van der Waals surface area contributed by atoms with Crippen LogP contribution in [0.4, 0.5) is 0 Å². The zero-order chi connectivity index (χ0) is 19.5. The van der Waals surface area contributed by atoms with Crippen LogP contribution in [-0.2, 0) is 19.4 Å². The van der Waals surface area contributed by atoms with Gasteiger partial charge in [-0.1, -0.05) is 36.2 Å². The molecule has 0 spiro atoms. The summed E-state index contributed by atoms with van der Waals surface area (Å²) in [6.07, 6.45) is 4.79. The van der Waals surface area contributed by atoms with Crippen LogP contribution in [0.25, 0.3) is 10.9 Å². The maximum Gasteiger partial charge on any atom is 0.261 e. The topological polar surface area (TPSA) is 64.0 Å². The molecule has 0 unspecified atom stereocenters. The molecule has 4 rings (SSSR count). The highest BCUT2D eigenvalue weighted by Crippen LogP contribution is 2.16. The molecular weight excluding hydrogens is 350 g/mol. The van der Waals surface area contributed by atoms with Gasteiger partial charge in [-0.2, -0.15) is 0 Å². The highest BCUT2D eigenvalue weighted by molar-refractivity contribution is 5.97. The predicted octanol–water partition coefficient (Wildman–Crippen LogP) is 3.40. The number of nitrogens with zero attached hydrogens (tertiary/aromatic N) is 2. The average Bonchev–Trinajstić information content (AvgIpc) is 2.95. The number of hydrogen-bond donors (Lipinski definition) is 1. The molecule has 0 fully saturated rings. The summed E-state index contributed by atoms with van der Waals surface area (Å²) in [4.78, 5) is 30.0. The molecule has 2 aromatic carbocycles. The van der Waals surface area contributed by atoms with Gasteiger partial charge in [-0.3, -0.25) is 14.2 Å². The summed E-state index contributed by atoms with van der Waals surface area (Å²) in [6.45, 7) is 3.36. The maximum absolute atomic E-state index is 12.8. The Morgan fingerprint density at radius 3 is 2.75 bits per heavy atom. The summed E-state index contributed by atoms with van der Waals surface area (Å²) in [5.41, 5.74) is 3.59. The molecule has 1 N–H and O–H groups in total. The first-order valence-electron chi connectivity index (χ1n) is 9.99. The van der Waals surface area contributed by atoms with Gasteiger partial charge in [-0.15, -0.1) is 0 Å². The lowest BCUT2D eigenvalue weighted by Crippen LogP contribution is -2.27. The summed E-state index contributed by atoms with van der Waals surface area (Å²) < 4.78 is 1.80. The van der Waals surface area contributed by atoms with Gasteiger partial charge >= 0.3 is 0 Å². The molecule has 28 heavy (non-hydrogen) atoms. The summed E-state index contributed by atoms with van der Waals surface area (Å²) in [5, 5.41) is 3.55. The highest BCUT2D eigenvalue weighted by Gasteiger charge is 2.15. The number of nitrogens with one attached hydrogen (secondary N) is 1. The van der Waals surface area contributed by atoms with Crippen LogP contribution in [0.5, 0.6) is 0 Å². The second-order valence-corrected chi connectivity index (χ2v) is 7.52. The van der Waals surface area contributed by atoms with E-state index in [-0.39, 0.29) is 11.5 Å². The fourth-order valence-electron chi connectivity index (χ4n) is 3.74. The van der Waals surface area contributed by atoms with Crippen molar-refractivity contribution in [3.05, 3.63) is 75.3 Å². The van der Waals surface area contributed by atoms with E-state index in [1.54, 1.807) is 22.8 Å². The second-order valence-electron chi connectivity index (χ2n) is 7.52. The van der Waals surface area contributed by atoms with Gasteiger partial charge < -0.3 is 5.32 Å². The van der Waals surface area contributed by atoms with Gasteiger partial charge in [0.05, 0.1) is 10.9 Å². The Morgan fingerprint density at radius 2 is 1.93 bits per heavy atom. The average molecular weight is 375 g/mol. The van der Waals surface area contributed by atoms with Crippen LogP contribution in [0.3, 0.4) is 0 Å². The number of aryl methyl sites for hydroxylation is 2. The van der Waals surface area contributed by atoms with Crippen molar-refractivity contribution in [2.24, 2.45) is 0 Å². The first-order chi connectivity index (χ1) is 13.6. The number of fused-ring (bicyclic) bond motifs is 2. The van der Waals surface area contributed by atoms with Crippen molar-refractivity contribution < 1.29 is 4.79 Å². The number of carbonyl (C=O) groups excluding carboxylic acids is 1. The van der Waals surface area contributed by atoms with Crippen LogP contribution in [0.1, 0.15) is 46.6 Å². The van der Waals surface area contributed by atoms with E-state index >= 15 is 0 Å². The normalized spacial score (nSPS) is 13.8. The summed E-state index contributed by atoms with van der Waals surface area (Å²) >= 11 is 0. The van der Waals surface area contributed by atoms with Crippen LogP contribution in [-0.4, -0.2) is 22.0 Å². The summed E-state index contributed by atoms with van der Waals surface area (Å²) in [7, 11) is 0. The minimum atomic E-state index is -0.133. The molecule has 0 radical (unpaired) electrons. The minimum Gasteiger partial charge on any atom is -0.352 e. The molecular formula is C23H25N3O2. The van der Waals surface area contributed by atoms with Gasteiger partial charge in [0.15, 0.2) is 0 Å². The predicted molar refractivity (Wildman–Crippen MR) is 111 cm³/mol. The van der Waals surface area contributed by atoms with E-state index in [2.05, 4.69) is 36.5 Å². The molecule has 1 aliphatic heterocycles. The molecule has 1 aliphatic rings. The molecule has 0 saturated carbocycles. The molecule has 1 amide bonds. The zero-order valence-corrected chi connectivity index (χ0v) is 16.2. The van der Waals surface area contributed by atoms with Crippen LogP contribution in [0.15, 0.2) is 47.3 Å². The molecule has 0 atom stereocenters. The molecule has 1 aromatic heterocycles. The van der Waals surface area contributed by atoms with E-state index in [1.807, 2.05) is 0 Å². The molecule has 3 aromatic rings. The number of aromatic nitrogens is 2. The zero-order valence-electron chi connectivity index (χ0n) is 16.2. The molecule has 0 bridgehead atoms. The molecule has 0 aliphatic carbocycles. The van der Waals surface area contributed by atoms with E-state index in [4.69, 9.17) is 4.98 Å². The summed E-state index contributed by atoms with van der Waals surface area (Å²) in [5.74, 6) is 0.706. The van der Waals surface area contributed by atoms with E-state index in [0.717, 1.165) is 44.5 Å². The minimum absolute atomic E-state index is 0.00762. The van der Waals surface area contributed by atoms with Gasteiger partial charge in [0.1, 0.15) is 5.82 Å². The molecule has 0 saturated heterocycles. The van der Waals surface area contributed by atoms with Crippen molar-refractivity contribution in [2.75, 3.05) is 6.54 Å². The van der Waals surface area contributed by atoms with Gasteiger partial charge in [-0.25, -0.2) is 4.98 Å². The Morgan fingerprint density at radius 1 is 1.11 bits per heavy atom. The highest BCUT2D eigenvalue weighted by atomic mass is 16.1. The van der Waals surface area contributed by atoms with Crippen molar-refractivity contribution in [2.45, 2.75) is 45.6 Å². The van der Waals surface area contributed by atoms with E-state index < -0.39 is 0 Å². The van der Waals surface area contributed by atoms with E-state index in [0.29, 0.717) is 23.0 Å². The first kappa shape index (κ1) is 18.4. The second kappa shape index (κ2) is 7.97. The van der Waals surface area contributed by atoms with Crippen LogP contribution in [0.2, 0.25) is 0 Å². The van der Waals surface area contributed by atoms with Gasteiger partial charge in [-0.05, 0) is 49.9 Å². The fraction of sp³-hybridized carbons (Fsp3) is 0.348. The van der Waals surface area contributed by atoms with Crippen LogP contribution < -0.4 is 10.9 Å². The van der Waals surface area contributed by atoms with Gasteiger partial charge in [0, 0.05) is 25.1 Å². The molecule has 5 heteroatoms. The molecule has 2 heterocycles. The Labute approximate surface area is 164 Å². The SMILES string of the molecule is Cc1ccc(CCNC(=O)c2ccc3c(=O)n4c(nc3c2)CCCCC4)cc1. The number of amides is 1. The third-order valence-corrected chi connectivity index (χ3v) is 5.40.